The van der Waals surface area contributed by atoms with Crippen molar-refractivity contribution < 1.29 is 17.9 Å². The van der Waals surface area contributed by atoms with Gasteiger partial charge in [-0.05, 0) is 35.0 Å². The highest BCUT2D eigenvalue weighted by atomic mass is 32.2. The van der Waals surface area contributed by atoms with Gasteiger partial charge in [0.15, 0.2) is 27.1 Å². The number of ether oxygens (including phenoxy) is 2. The van der Waals surface area contributed by atoms with Gasteiger partial charge in [-0.15, -0.1) is 0 Å². The molecule has 24 heavy (non-hydrogen) atoms. The summed E-state index contributed by atoms with van der Waals surface area (Å²) in [6.07, 6.45) is 1.36. The zero-order valence-corrected chi connectivity index (χ0v) is 13.5. The Balaban J connectivity index is 1.62. The fourth-order valence-electron chi connectivity index (χ4n) is 2.63. The van der Waals surface area contributed by atoms with Gasteiger partial charge in [-0.3, -0.25) is 0 Å². The van der Waals surface area contributed by atoms with E-state index in [2.05, 4.69) is 0 Å². The second-order valence-electron chi connectivity index (χ2n) is 5.52. The molecule has 0 saturated carbocycles. The van der Waals surface area contributed by atoms with E-state index in [1.807, 2.05) is 36.4 Å². The molecule has 0 radical (unpaired) electrons. The summed E-state index contributed by atoms with van der Waals surface area (Å²) in [4.78, 5) is 0.263. The van der Waals surface area contributed by atoms with Crippen molar-refractivity contribution in [2.24, 2.45) is 0 Å². The molecule has 1 aliphatic rings. The van der Waals surface area contributed by atoms with Crippen LogP contribution in [0.3, 0.4) is 0 Å². The molecule has 1 aliphatic heterocycles. The Morgan fingerprint density at radius 2 is 1.42 bits per heavy atom. The molecule has 0 atom stereocenters. The standard InChI is InChI=1S/C19H14O4S/c20-24(21,17-8-2-1-3-9-17)13-16-12-22-18-10-14-6-4-5-7-15(14)11-19(18)23-16/h1-12H,13H2. The topological polar surface area (TPSA) is 52.6 Å². The molecule has 0 spiro atoms. The van der Waals surface area contributed by atoms with Crippen LogP contribution in [0, 0.1) is 0 Å². The van der Waals surface area contributed by atoms with Crippen LogP contribution in [0.4, 0.5) is 0 Å². The van der Waals surface area contributed by atoms with Gasteiger partial charge in [0.25, 0.3) is 0 Å². The van der Waals surface area contributed by atoms with Gasteiger partial charge in [-0.2, -0.15) is 0 Å². The minimum atomic E-state index is -3.48. The fraction of sp³-hybridized carbons (Fsp3) is 0.0526. The molecule has 0 amide bonds. The van der Waals surface area contributed by atoms with E-state index in [1.165, 1.54) is 6.26 Å². The van der Waals surface area contributed by atoms with Gasteiger partial charge < -0.3 is 9.47 Å². The average molecular weight is 338 g/mol. The maximum atomic E-state index is 12.4. The predicted octanol–water partition coefficient (Wildman–Crippen LogP) is 3.93. The first-order valence-electron chi connectivity index (χ1n) is 7.46. The van der Waals surface area contributed by atoms with Crippen LogP contribution in [-0.4, -0.2) is 14.2 Å². The summed E-state index contributed by atoms with van der Waals surface area (Å²) in [7, 11) is -3.48. The maximum absolute atomic E-state index is 12.4. The second kappa shape index (κ2) is 5.69. The molecule has 4 nitrogen and oxygen atoms in total. The van der Waals surface area contributed by atoms with Crippen molar-refractivity contribution >= 4 is 20.6 Å². The van der Waals surface area contributed by atoms with Crippen molar-refractivity contribution in [1.82, 2.24) is 0 Å². The molecule has 0 saturated heterocycles. The molecule has 120 valence electrons. The highest BCUT2D eigenvalue weighted by Gasteiger charge is 2.22. The first kappa shape index (κ1) is 14.8. The molecule has 3 aromatic carbocycles. The van der Waals surface area contributed by atoms with Crippen LogP contribution in [0.5, 0.6) is 11.5 Å². The summed E-state index contributed by atoms with van der Waals surface area (Å²) < 4.78 is 36.2. The molecule has 0 bridgehead atoms. The van der Waals surface area contributed by atoms with Gasteiger partial charge in [0.2, 0.25) is 0 Å². The van der Waals surface area contributed by atoms with Crippen LogP contribution >= 0.6 is 0 Å². The van der Waals surface area contributed by atoms with Crippen LogP contribution in [0.15, 0.2) is 83.6 Å². The number of hydrogen-bond acceptors (Lipinski definition) is 4. The van der Waals surface area contributed by atoms with E-state index >= 15 is 0 Å². The van der Waals surface area contributed by atoms with E-state index in [4.69, 9.17) is 9.47 Å². The smallest absolute Gasteiger partial charge is 0.185 e. The van der Waals surface area contributed by atoms with Crippen LogP contribution < -0.4 is 9.47 Å². The lowest BCUT2D eigenvalue weighted by atomic mass is 10.1. The fourth-order valence-corrected chi connectivity index (χ4v) is 3.87. The van der Waals surface area contributed by atoms with E-state index in [-0.39, 0.29) is 16.4 Å². The lowest BCUT2D eigenvalue weighted by Gasteiger charge is -2.19. The van der Waals surface area contributed by atoms with Crippen LogP contribution in [-0.2, 0) is 9.84 Å². The van der Waals surface area contributed by atoms with Gasteiger partial charge >= 0.3 is 0 Å². The lowest BCUT2D eigenvalue weighted by molar-refractivity contribution is 0.328. The zero-order chi connectivity index (χ0) is 16.6. The van der Waals surface area contributed by atoms with Crippen molar-refractivity contribution in [3.8, 4) is 11.5 Å². The van der Waals surface area contributed by atoms with Gasteiger partial charge in [-0.1, -0.05) is 42.5 Å². The van der Waals surface area contributed by atoms with Gasteiger partial charge in [0.05, 0.1) is 4.90 Å². The van der Waals surface area contributed by atoms with Gasteiger partial charge in [-0.25, -0.2) is 8.42 Å². The van der Waals surface area contributed by atoms with Crippen LogP contribution in [0.1, 0.15) is 0 Å². The van der Waals surface area contributed by atoms with E-state index in [0.29, 0.717) is 11.5 Å². The molecule has 0 fully saturated rings. The molecule has 0 aromatic heterocycles. The monoisotopic (exact) mass is 338 g/mol. The first-order valence-corrected chi connectivity index (χ1v) is 9.11. The van der Waals surface area contributed by atoms with E-state index < -0.39 is 9.84 Å². The van der Waals surface area contributed by atoms with Crippen molar-refractivity contribution in [2.75, 3.05) is 5.75 Å². The van der Waals surface area contributed by atoms with E-state index in [9.17, 15) is 8.42 Å². The molecule has 3 aromatic rings. The summed E-state index contributed by atoms with van der Waals surface area (Å²) in [5.41, 5.74) is 0. The van der Waals surface area contributed by atoms with Crippen molar-refractivity contribution in [1.29, 1.82) is 0 Å². The molecular formula is C19H14O4S. The van der Waals surface area contributed by atoms with Crippen LogP contribution in [0.2, 0.25) is 0 Å². The summed E-state index contributed by atoms with van der Waals surface area (Å²) in [6, 6.07) is 19.9. The Kier molecular flexibility index (Phi) is 3.50. The Bertz CT molecular complexity index is 1040. The molecule has 1 heterocycles. The minimum absolute atomic E-state index is 0.247. The van der Waals surface area contributed by atoms with Crippen molar-refractivity contribution in [3.05, 3.63) is 78.8 Å². The lowest BCUT2D eigenvalue weighted by Crippen LogP contribution is -2.16. The van der Waals surface area contributed by atoms with Gasteiger partial charge in [0, 0.05) is 0 Å². The summed E-state index contributed by atoms with van der Waals surface area (Å²) in [6.45, 7) is 0. The third-order valence-electron chi connectivity index (χ3n) is 3.81. The van der Waals surface area contributed by atoms with Crippen molar-refractivity contribution in [3.63, 3.8) is 0 Å². The molecule has 0 aliphatic carbocycles. The SMILES string of the molecule is O=S(=O)(CC1=COc2cc3ccccc3cc2O1)c1ccccc1. The number of rotatable bonds is 3. The van der Waals surface area contributed by atoms with Crippen LogP contribution in [0.25, 0.3) is 10.8 Å². The number of sulfone groups is 1. The normalized spacial score (nSPS) is 13.6. The Morgan fingerprint density at radius 3 is 2.12 bits per heavy atom. The molecule has 0 unspecified atom stereocenters. The Morgan fingerprint density at radius 1 is 0.792 bits per heavy atom. The predicted molar refractivity (Wildman–Crippen MR) is 91.8 cm³/mol. The van der Waals surface area contributed by atoms with Gasteiger partial charge in [0.1, 0.15) is 12.0 Å². The number of fused-ring (bicyclic) bond motifs is 2. The van der Waals surface area contributed by atoms with Crippen molar-refractivity contribution in [2.45, 2.75) is 4.90 Å². The third kappa shape index (κ3) is 2.74. The summed E-state index contributed by atoms with van der Waals surface area (Å²) in [5, 5.41) is 2.04. The highest BCUT2D eigenvalue weighted by molar-refractivity contribution is 7.91. The minimum Gasteiger partial charge on any atom is -0.457 e. The maximum Gasteiger partial charge on any atom is 0.185 e. The molecule has 5 heteroatoms. The second-order valence-corrected chi connectivity index (χ2v) is 7.51. The molecular weight excluding hydrogens is 324 g/mol. The number of hydrogen-bond donors (Lipinski definition) is 0. The number of benzene rings is 3. The van der Waals surface area contributed by atoms with E-state index in [1.54, 1.807) is 30.3 Å². The molecule has 0 N–H and O–H groups in total. The first-order chi connectivity index (χ1) is 11.6. The quantitative estimate of drug-likeness (QED) is 0.726. The highest BCUT2D eigenvalue weighted by Crippen LogP contribution is 2.36. The third-order valence-corrected chi connectivity index (χ3v) is 5.46. The van der Waals surface area contributed by atoms with E-state index in [0.717, 1.165) is 10.8 Å². The average Bonchev–Trinajstić information content (AvgIpc) is 2.60. The summed E-state index contributed by atoms with van der Waals surface area (Å²) >= 11 is 0. The zero-order valence-electron chi connectivity index (χ0n) is 12.7. The Labute approximate surface area is 139 Å². The largest absolute Gasteiger partial charge is 0.457 e. The Hall–Kier alpha value is -2.79. The molecule has 4 rings (SSSR count). The summed E-state index contributed by atoms with van der Waals surface area (Å²) in [5.74, 6) is 1.12.